The smallest absolute Gasteiger partial charge is 0.133 e. The fourth-order valence-electron chi connectivity index (χ4n) is 1.81. The van der Waals surface area contributed by atoms with Gasteiger partial charge in [0.2, 0.25) is 0 Å². The van der Waals surface area contributed by atoms with Crippen molar-refractivity contribution in [3.8, 4) is 5.75 Å². The zero-order chi connectivity index (χ0) is 12.1. The summed E-state index contributed by atoms with van der Waals surface area (Å²) >= 11 is 9.31. The molecule has 0 aromatic heterocycles. The summed E-state index contributed by atoms with van der Waals surface area (Å²) in [5.41, 5.74) is 0. The van der Waals surface area contributed by atoms with Gasteiger partial charge in [-0.3, -0.25) is 4.90 Å². The van der Waals surface area contributed by atoms with Crippen LogP contribution in [-0.4, -0.2) is 44.2 Å². The first-order valence-electron chi connectivity index (χ1n) is 5.76. The molecule has 0 aliphatic carbocycles. The van der Waals surface area contributed by atoms with Gasteiger partial charge < -0.3 is 10.1 Å². The van der Waals surface area contributed by atoms with E-state index in [1.54, 1.807) is 0 Å². The van der Waals surface area contributed by atoms with E-state index in [1.165, 1.54) is 0 Å². The number of piperazine rings is 1. The average molecular weight is 393 g/mol. The molecule has 1 aromatic carbocycles. The van der Waals surface area contributed by atoms with Crippen LogP contribution < -0.4 is 10.1 Å². The second-order valence-corrected chi connectivity index (χ2v) is 5.31. The topological polar surface area (TPSA) is 24.5 Å². The summed E-state index contributed by atoms with van der Waals surface area (Å²) in [5.74, 6) is 0.851. The van der Waals surface area contributed by atoms with E-state index in [0.29, 0.717) is 11.6 Å². The summed E-state index contributed by atoms with van der Waals surface area (Å²) in [6.45, 7) is 6.03. The number of ether oxygens (including phenoxy) is 1. The Morgan fingerprint density at radius 1 is 1.26 bits per heavy atom. The molecule has 1 aromatic rings. The fourth-order valence-corrected chi connectivity index (χ4v) is 2.61. The Morgan fingerprint density at radius 3 is 2.58 bits per heavy atom. The first-order valence-corrected chi connectivity index (χ1v) is 6.94. The Morgan fingerprint density at radius 2 is 1.95 bits per heavy atom. The molecule has 0 atom stereocenters. The molecule has 1 saturated heterocycles. The quantitative estimate of drug-likeness (QED) is 0.851. The Labute approximate surface area is 140 Å². The van der Waals surface area contributed by atoms with Gasteiger partial charge in [-0.15, -0.1) is 24.8 Å². The second kappa shape index (κ2) is 10.1. The van der Waals surface area contributed by atoms with Crippen molar-refractivity contribution < 1.29 is 4.74 Å². The van der Waals surface area contributed by atoms with E-state index < -0.39 is 0 Å². The molecule has 0 unspecified atom stereocenters. The van der Waals surface area contributed by atoms with Gasteiger partial charge in [-0.25, -0.2) is 0 Å². The summed E-state index contributed by atoms with van der Waals surface area (Å²) in [7, 11) is 0. The van der Waals surface area contributed by atoms with E-state index in [9.17, 15) is 0 Å². The summed E-state index contributed by atoms with van der Waals surface area (Å²) in [5, 5.41) is 4.05. The van der Waals surface area contributed by atoms with Crippen LogP contribution in [0.5, 0.6) is 5.75 Å². The monoisotopic (exact) mass is 390 g/mol. The van der Waals surface area contributed by atoms with Crippen LogP contribution in [-0.2, 0) is 0 Å². The van der Waals surface area contributed by atoms with Crippen molar-refractivity contribution in [2.45, 2.75) is 0 Å². The predicted molar refractivity (Wildman–Crippen MR) is 88.5 cm³/mol. The van der Waals surface area contributed by atoms with Crippen molar-refractivity contribution in [1.82, 2.24) is 10.2 Å². The molecule has 0 radical (unpaired) electrons. The Hall–Kier alpha value is 0.290. The molecule has 7 heteroatoms. The van der Waals surface area contributed by atoms with Crippen molar-refractivity contribution in [1.29, 1.82) is 0 Å². The molecule has 1 N–H and O–H groups in total. The van der Waals surface area contributed by atoms with Gasteiger partial charge in [0.15, 0.2) is 0 Å². The molecule has 1 aliphatic heterocycles. The molecule has 1 heterocycles. The normalized spacial score (nSPS) is 15.3. The zero-order valence-electron chi connectivity index (χ0n) is 10.4. The van der Waals surface area contributed by atoms with E-state index in [0.717, 1.165) is 42.9 Å². The highest BCUT2D eigenvalue weighted by Crippen LogP contribution is 2.27. The molecule has 1 fully saturated rings. The number of benzene rings is 1. The predicted octanol–water partition coefficient (Wildman–Crippen LogP) is 3.23. The van der Waals surface area contributed by atoms with Gasteiger partial charge in [0.05, 0.1) is 4.47 Å². The molecule has 0 spiro atoms. The number of halogens is 4. The van der Waals surface area contributed by atoms with Crippen LogP contribution in [0.15, 0.2) is 22.7 Å². The minimum Gasteiger partial charge on any atom is -0.491 e. The molecule has 110 valence electrons. The SMILES string of the molecule is Cl.Cl.Clc1ccc(OCCN2CCNCC2)c(Br)c1. The van der Waals surface area contributed by atoms with Crippen LogP contribution in [0.1, 0.15) is 0 Å². The number of hydrogen-bond donors (Lipinski definition) is 1. The summed E-state index contributed by atoms with van der Waals surface area (Å²) in [4.78, 5) is 2.40. The Bertz CT molecular complexity index is 376. The lowest BCUT2D eigenvalue weighted by Crippen LogP contribution is -2.44. The highest BCUT2D eigenvalue weighted by atomic mass is 79.9. The van der Waals surface area contributed by atoms with E-state index in [-0.39, 0.29) is 24.8 Å². The molecule has 1 aliphatic rings. The van der Waals surface area contributed by atoms with Crippen molar-refractivity contribution in [2.24, 2.45) is 0 Å². The van der Waals surface area contributed by atoms with Gasteiger partial charge >= 0.3 is 0 Å². The van der Waals surface area contributed by atoms with E-state index >= 15 is 0 Å². The van der Waals surface area contributed by atoms with Crippen LogP contribution in [0.4, 0.5) is 0 Å². The van der Waals surface area contributed by atoms with Gasteiger partial charge in [0, 0.05) is 37.7 Å². The lowest BCUT2D eigenvalue weighted by molar-refractivity contribution is 0.191. The minimum absolute atomic E-state index is 0. The molecule has 3 nitrogen and oxygen atoms in total. The van der Waals surface area contributed by atoms with Gasteiger partial charge in [-0.1, -0.05) is 11.6 Å². The van der Waals surface area contributed by atoms with Crippen molar-refractivity contribution >= 4 is 52.3 Å². The van der Waals surface area contributed by atoms with Gasteiger partial charge in [0.1, 0.15) is 12.4 Å². The van der Waals surface area contributed by atoms with Crippen molar-refractivity contribution in [3.63, 3.8) is 0 Å². The van der Waals surface area contributed by atoms with Crippen LogP contribution in [0.2, 0.25) is 5.02 Å². The first-order chi connectivity index (χ1) is 8.25. The average Bonchev–Trinajstić information content (AvgIpc) is 2.33. The zero-order valence-corrected chi connectivity index (χ0v) is 14.4. The van der Waals surface area contributed by atoms with E-state index in [4.69, 9.17) is 16.3 Å². The van der Waals surface area contributed by atoms with Crippen LogP contribution in [0.25, 0.3) is 0 Å². The molecular formula is C12H18BrCl3N2O. The number of rotatable bonds is 4. The summed E-state index contributed by atoms with van der Waals surface area (Å²) in [6, 6.07) is 5.58. The lowest BCUT2D eigenvalue weighted by Gasteiger charge is -2.27. The Balaban J connectivity index is 0.00000162. The number of nitrogens with zero attached hydrogens (tertiary/aromatic N) is 1. The van der Waals surface area contributed by atoms with Gasteiger partial charge in [0.25, 0.3) is 0 Å². The highest BCUT2D eigenvalue weighted by molar-refractivity contribution is 9.10. The third kappa shape index (κ3) is 6.52. The van der Waals surface area contributed by atoms with Crippen LogP contribution in [0, 0.1) is 0 Å². The first kappa shape index (κ1) is 19.3. The third-order valence-corrected chi connectivity index (χ3v) is 3.62. The maximum Gasteiger partial charge on any atom is 0.133 e. The summed E-state index contributed by atoms with van der Waals surface area (Å²) in [6.07, 6.45) is 0. The second-order valence-electron chi connectivity index (χ2n) is 4.01. The summed E-state index contributed by atoms with van der Waals surface area (Å²) < 4.78 is 6.63. The minimum atomic E-state index is 0. The highest BCUT2D eigenvalue weighted by Gasteiger charge is 2.09. The maximum absolute atomic E-state index is 5.87. The standard InChI is InChI=1S/C12H16BrClN2O.2ClH/c13-11-9-10(14)1-2-12(11)17-8-7-16-5-3-15-4-6-16;;/h1-2,9,15H,3-8H2;2*1H. The fraction of sp³-hybridized carbons (Fsp3) is 0.500. The molecule has 2 rings (SSSR count). The van der Waals surface area contributed by atoms with E-state index in [1.807, 2.05) is 18.2 Å². The molecule has 0 amide bonds. The number of nitrogens with one attached hydrogen (secondary N) is 1. The largest absolute Gasteiger partial charge is 0.491 e. The van der Waals surface area contributed by atoms with Crippen LogP contribution >= 0.6 is 52.3 Å². The van der Waals surface area contributed by atoms with E-state index in [2.05, 4.69) is 26.1 Å². The van der Waals surface area contributed by atoms with Crippen molar-refractivity contribution in [2.75, 3.05) is 39.3 Å². The van der Waals surface area contributed by atoms with Gasteiger partial charge in [-0.05, 0) is 34.1 Å². The molecule has 0 saturated carbocycles. The number of hydrogen-bond acceptors (Lipinski definition) is 3. The molecule has 19 heavy (non-hydrogen) atoms. The van der Waals surface area contributed by atoms with Gasteiger partial charge in [-0.2, -0.15) is 0 Å². The Kier molecular flexibility index (Phi) is 10.2. The third-order valence-electron chi connectivity index (χ3n) is 2.77. The maximum atomic E-state index is 5.87. The van der Waals surface area contributed by atoms with Crippen LogP contribution in [0.3, 0.4) is 0 Å². The lowest BCUT2D eigenvalue weighted by atomic mass is 10.3. The molecular weight excluding hydrogens is 374 g/mol. The molecule has 0 bridgehead atoms. The van der Waals surface area contributed by atoms with Crippen molar-refractivity contribution in [3.05, 3.63) is 27.7 Å².